The Bertz CT molecular complexity index is 4180. The van der Waals surface area contributed by atoms with Gasteiger partial charge in [0, 0.05) is 89.3 Å². The minimum atomic E-state index is -0.346. The van der Waals surface area contributed by atoms with E-state index in [9.17, 15) is 39.6 Å². The number of carbonyl (C=O) groups is 4. The van der Waals surface area contributed by atoms with Gasteiger partial charge in [0.15, 0.2) is 0 Å². The summed E-state index contributed by atoms with van der Waals surface area (Å²) in [5.41, 5.74) is 14.4. The number of nitrogens with one attached hydrogen (secondary N) is 6. The second kappa shape index (κ2) is 23.2. The monoisotopic (exact) mass is 1150 g/mol. The van der Waals surface area contributed by atoms with Crippen LogP contribution in [0.15, 0.2) is 218 Å². The van der Waals surface area contributed by atoms with Crippen molar-refractivity contribution >= 4 is 92.7 Å². The molecule has 0 saturated heterocycles. The summed E-state index contributed by atoms with van der Waals surface area (Å²) >= 11 is 0. The number of nitrogens with zero attached hydrogens (tertiary/aromatic N) is 2. The minimum Gasteiger partial charge on any atom is -0.508 e. The van der Waals surface area contributed by atoms with Crippen LogP contribution in [0.1, 0.15) is 64.2 Å². The van der Waals surface area contributed by atoms with E-state index in [1.807, 2.05) is 97.1 Å². The number of benzene rings is 8. The average molecular weight is 1160 g/mol. The molecule has 4 amide bonds. The molecule has 8 aromatic carbocycles. The van der Waals surface area contributed by atoms with Crippen molar-refractivity contribution < 1.29 is 39.6 Å². The molecule has 8 bridgehead atoms. The fourth-order valence-electron chi connectivity index (χ4n) is 10.6. The number of phenols is 4. The van der Waals surface area contributed by atoms with E-state index in [-0.39, 0.29) is 46.6 Å². The maximum atomic E-state index is 13.6. The number of aromatic amines is 2. The van der Waals surface area contributed by atoms with Gasteiger partial charge in [0.2, 0.25) is 0 Å². The van der Waals surface area contributed by atoms with Gasteiger partial charge in [-0.15, -0.1) is 0 Å². The molecule has 2 aliphatic rings. The SMILES string of the molecule is O=C(Nc1ccc(O)cc1)c1ccc(-c2c3nc(c(-c4ccc(C(=O)Nc5ccc(O)cc5)cc4)c4ccc([nH]4)c(-c4ccc(C(=O)Nc5ccc(O)cc5)cc4)c4nc(c(-c5ccc(C(=O)Nc6ccc(O)cc6)cc5)c5ccc2[nH]5)C=C4)C=C3)cc1. The van der Waals surface area contributed by atoms with E-state index in [0.717, 1.165) is 22.3 Å². The standard InChI is InChI=1S/C72H50N8O8/c81-53-25-17-49(18-26-53)73-69(85)45-9-1-41(2-10-45)65-57-33-35-59(77-57)66(42-3-11-46(12-4-42)70(86)74-50-19-27-54(82)28-20-50)61-37-39-63(79-61)68(44-7-15-48(16-8-44)72(88)76-52-23-31-56(84)32-24-52)64-40-38-62(80-64)67(60-36-34-58(65)78-60)43-5-13-47(14-6-43)71(87)75-51-21-29-55(83)30-22-51/h1-40,77,80-84H,(H,73,85)(H,74,86)(H,75,87)(H,76,88). The predicted octanol–water partition coefficient (Wildman–Crippen LogP) is 15.2. The number of hydrogen-bond donors (Lipinski definition) is 10. The summed E-state index contributed by atoms with van der Waals surface area (Å²) in [6, 6.07) is 61.6. The highest BCUT2D eigenvalue weighted by atomic mass is 16.3. The van der Waals surface area contributed by atoms with Gasteiger partial charge < -0.3 is 51.7 Å². The summed E-state index contributed by atoms with van der Waals surface area (Å²) in [5.74, 6) is -1.08. The normalized spacial score (nSPS) is 11.5. The Balaban J connectivity index is 1.00. The van der Waals surface area contributed by atoms with Crippen LogP contribution in [0, 0.1) is 0 Å². The lowest BCUT2D eigenvalue weighted by atomic mass is 10.0. The van der Waals surface area contributed by atoms with Crippen LogP contribution in [0.5, 0.6) is 23.0 Å². The van der Waals surface area contributed by atoms with E-state index in [2.05, 4.69) is 31.2 Å². The molecule has 5 heterocycles. The van der Waals surface area contributed by atoms with Crippen LogP contribution in [-0.4, -0.2) is 64.0 Å². The topological polar surface area (TPSA) is 255 Å². The molecule has 11 aromatic rings. The molecule has 0 unspecified atom stereocenters. The van der Waals surface area contributed by atoms with Crippen molar-refractivity contribution in [2.75, 3.05) is 21.3 Å². The number of H-pyrrole nitrogens is 2. The Morgan fingerprint density at radius 3 is 0.648 bits per heavy atom. The molecule has 88 heavy (non-hydrogen) atoms. The molecule has 0 saturated carbocycles. The highest BCUT2D eigenvalue weighted by Crippen LogP contribution is 2.39. The largest absolute Gasteiger partial charge is 0.508 e. The summed E-state index contributed by atoms with van der Waals surface area (Å²) in [7, 11) is 0. The molecular weight excluding hydrogens is 1100 g/mol. The smallest absolute Gasteiger partial charge is 0.255 e. The summed E-state index contributed by atoms with van der Waals surface area (Å²) in [6.07, 6.45) is 7.75. The van der Waals surface area contributed by atoms with Crippen molar-refractivity contribution in [2.45, 2.75) is 0 Å². The maximum absolute atomic E-state index is 13.6. The Morgan fingerprint density at radius 1 is 0.261 bits per heavy atom. The lowest BCUT2D eigenvalue weighted by Crippen LogP contribution is -2.11. The fourth-order valence-corrected chi connectivity index (χ4v) is 10.6. The number of carbonyl (C=O) groups excluding carboxylic acids is 4. The highest BCUT2D eigenvalue weighted by Gasteiger charge is 2.21. The van der Waals surface area contributed by atoms with Crippen molar-refractivity contribution in [1.29, 1.82) is 0 Å². The minimum absolute atomic E-state index is 0.0761. The Kier molecular flexibility index (Phi) is 14.4. The Morgan fingerprint density at radius 2 is 0.455 bits per heavy atom. The number of fused-ring (bicyclic) bond motifs is 8. The summed E-state index contributed by atoms with van der Waals surface area (Å²) < 4.78 is 0. The zero-order valence-electron chi connectivity index (χ0n) is 46.4. The van der Waals surface area contributed by atoms with Gasteiger partial charge in [0.1, 0.15) is 23.0 Å². The van der Waals surface area contributed by atoms with E-state index in [4.69, 9.17) is 9.97 Å². The fraction of sp³-hybridized carbons (Fsp3) is 0. The zero-order valence-corrected chi connectivity index (χ0v) is 46.4. The zero-order chi connectivity index (χ0) is 60.4. The van der Waals surface area contributed by atoms with Gasteiger partial charge in [-0.3, -0.25) is 19.2 Å². The van der Waals surface area contributed by atoms with Gasteiger partial charge in [-0.1, -0.05) is 48.5 Å². The molecule has 10 N–H and O–H groups in total. The molecule has 0 radical (unpaired) electrons. The van der Waals surface area contributed by atoms with Crippen LogP contribution >= 0.6 is 0 Å². The second-order valence-electron chi connectivity index (χ2n) is 20.8. The Hall–Kier alpha value is -12.6. The lowest BCUT2D eigenvalue weighted by Gasteiger charge is -2.09. The van der Waals surface area contributed by atoms with Gasteiger partial charge >= 0.3 is 0 Å². The average Bonchev–Trinajstić information content (AvgIpc) is 1.99. The summed E-state index contributed by atoms with van der Waals surface area (Å²) in [5, 5.41) is 50.9. The van der Waals surface area contributed by atoms with Crippen LogP contribution < -0.4 is 21.3 Å². The molecular formula is C72H50N8O8. The van der Waals surface area contributed by atoms with E-state index in [0.29, 0.717) is 112 Å². The summed E-state index contributed by atoms with van der Waals surface area (Å²) in [4.78, 5) is 72.7. The number of hydrogen-bond acceptors (Lipinski definition) is 10. The van der Waals surface area contributed by atoms with E-state index in [1.54, 1.807) is 97.1 Å². The number of amides is 4. The molecule has 0 aliphatic carbocycles. The summed E-state index contributed by atoms with van der Waals surface area (Å²) in [6.45, 7) is 0. The van der Waals surface area contributed by atoms with Gasteiger partial charge in [-0.2, -0.15) is 0 Å². The van der Waals surface area contributed by atoms with Crippen LogP contribution in [0.2, 0.25) is 0 Å². The van der Waals surface area contributed by atoms with Crippen molar-refractivity contribution in [3.8, 4) is 67.5 Å². The number of rotatable bonds is 12. The van der Waals surface area contributed by atoms with Crippen LogP contribution in [-0.2, 0) is 0 Å². The first-order valence-corrected chi connectivity index (χ1v) is 27.8. The third kappa shape index (κ3) is 11.5. The number of phenolic OH excluding ortho intramolecular Hbond substituents is 4. The van der Waals surface area contributed by atoms with Crippen molar-refractivity contribution in [1.82, 2.24) is 19.9 Å². The third-order valence-corrected chi connectivity index (χ3v) is 15.0. The first-order chi connectivity index (χ1) is 42.8. The van der Waals surface area contributed by atoms with Crippen molar-refractivity contribution in [3.05, 3.63) is 263 Å². The highest BCUT2D eigenvalue weighted by molar-refractivity contribution is 6.08. The van der Waals surface area contributed by atoms with Crippen molar-refractivity contribution in [2.24, 2.45) is 0 Å². The predicted molar refractivity (Wildman–Crippen MR) is 345 cm³/mol. The third-order valence-electron chi connectivity index (χ3n) is 15.0. The van der Waals surface area contributed by atoms with Crippen LogP contribution in [0.4, 0.5) is 22.7 Å². The molecule has 0 spiro atoms. The number of aromatic nitrogens is 4. The number of aromatic hydroxyl groups is 4. The molecule has 3 aromatic heterocycles. The van der Waals surface area contributed by atoms with Crippen molar-refractivity contribution in [3.63, 3.8) is 0 Å². The van der Waals surface area contributed by atoms with E-state index >= 15 is 0 Å². The van der Waals surface area contributed by atoms with Gasteiger partial charge in [0.25, 0.3) is 23.6 Å². The Labute approximate surface area is 502 Å². The van der Waals surface area contributed by atoms with E-state index in [1.165, 1.54) is 48.5 Å². The first-order valence-electron chi connectivity index (χ1n) is 27.8. The molecule has 2 aliphatic heterocycles. The van der Waals surface area contributed by atoms with E-state index < -0.39 is 0 Å². The maximum Gasteiger partial charge on any atom is 0.255 e. The second-order valence-corrected chi connectivity index (χ2v) is 20.8. The molecule has 426 valence electrons. The first kappa shape index (κ1) is 54.7. The molecule has 0 fully saturated rings. The van der Waals surface area contributed by atoms with Gasteiger partial charge in [0.05, 0.1) is 22.8 Å². The lowest BCUT2D eigenvalue weighted by molar-refractivity contribution is 0.101. The van der Waals surface area contributed by atoms with Gasteiger partial charge in [-0.05, 0) is 216 Å². The van der Waals surface area contributed by atoms with Gasteiger partial charge in [-0.25, -0.2) is 9.97 Å². The molecule has 0 atom stereocenters. The number of anilines is 4. The van der Waals surface area contributed by atoms with Crippen LogP contribution in [0.25, 0.3) is 90.9 Å². The molecule has 16 heteroatoms. The van der Waals surface area contributed by atoms with Crippen LogP contribution in [0.3, 0.4) is 0 Å². The molecule has 16 nitrogen and oxygen atoms in total. The quantitative estimate of drug-likeness (QED) is 0.0518. The molecule has 13 rings (SSSR count).